The van der Waals surface area contributed by atoms with Gasteiger partial charge < -0.3 is 19.1 Å². The molecule has 2 saturated carbocycles. The van der Waals surface area contributed by atoms with Gasteiger partial charge in [-0.15, -0.1) is 0 Å². The van der Waals surface area contributed by atoms with E-state index in [1.165, 1.54) is 26.4 Å². The van der Waals surface area contributed by atoms with Crippen LogP contribution in [0.5, 0.6) is 0 Å². The van der Waals surface area contributed by atoms with Crippen molar-refractivity contribution in [2.24, 2.45) is 5.92 Å². The third-order valence-electron chi connectivity index (χ3n) is 8.53. The number of ether oxygens (including phenoxy) is 2. The maximum atomic E-state index is 12.6. The summed E-state index contributed by atoms with van der Waals surface area (Å²) in [7, 11) is 1.42. The summed E-state index contributed by atoms with van der Waals surface area (Å²) >= 11 is 0. The molecule has 8 heteroatoms. The van der Waals surface area contributed by atoms with Gasteiger partial charge in [0.25, 0.3) is 0 Å². The van der Waals surface area contributed by atoms with Gasteiger partial charge in [0.1, 0.15) is 11.9 Å². The van der Waals surface area contributed by atoms with Crippen molar-refractivity contribution in [1.29, 1.82) is 0 Å². The van der Waals surface area contributed by atoms with Crippen molar-refractivity contribution in [3.63, 3.8) is 0 Å². The van der Waals surface area contributed by atoms with Gasteiger partial charge in [-0.3, -0.25) is 9.69 Å². The zero-order valence-corrected chi connectivity index (χ0v) is 21.7. The molecule has 4 atom stereocenters. The Morgan fingerprint density at radius 3 is 2.58 bits per heavy atom. The highest BCUT2D eigenvalue weighted by Gasteiger charge is 2.35. The van der Waals surface area contributed by atoms with Crippen LogP contribution in [0.15, 0.2) is 12.1 Å². The molecule has 0 bridgehead atoms. The molecule has 2 aromatic rings. The quantitative estimate of drug-likeness (QED) is 0.531. The number of rotatable bonds is 5. The molecule has 0 spiro atoms. The van der Waals surface area contributed by atoms with Crippen LogP contribution < -0.4 is 4.90 Å². The Bertz CT molecular complexity index is 1120. The number of nitrogens with zero attached hydrogens (tertiary/aromatic N) is 3. The van der Waals surface area contributed by atoms with E-state index in [0.717, 1.165) is 73.1 Å². The normalized spacial score (nSPS) is 26.0. The van der Waals surface area contributed by atoms with Crippen molar-refractivity contribution in [3.8, 4) is 0 Å². The smallest absolute Gasteiger partial charge is 0.414 e. The topological polar surface area (TPSA) is 93.9 Å². The number of hydrogen-bond donors (Lipinski definition) is 1. The Kier molecular flexibility index (Phi) is 7.24. The highest BCUT2D eigenvalue weighted by atomic mass is 16.5. The van der Waals surface area contributed by atoms with Crippen molar-refractivity contribution >= 4 is 28.8 Å². The number of amides is 1. The molecule has 2 aliphatic carbocycles. The zero-order valence-electron chi connectivity index (χ0n) is 21.7. The molecular weight excluding hydrogens is 458 g/mol. The second-order valence-electron chi connectivity index (χ2n) is 10.9. The predicted octanol–water partition coefficient (Wildman–Crippen LogP) is 6.17. The van der Waals surface area contributed by atoms with Gasteiger partial charge in [-0.1, -0.05) is 25.7 Å². The number of carbonyl (C=O) groups is 2. The van der Waals surface area contributed by atoms with Crippen LogP contribution in [0, 0.1) is 5.92 Å². The Morgan fingerprint density at radius 2 is 1.86 bits per heavy atom. The number of fused-ring (bicyclic) bond motifs is 3. The first-order chi connectivity index (χ1) is 17.4. The number of aromatic nitrogens is 2. The number of methoxy groups -OCH3 is 1. The first kappa shape index (κ1) is 25.1. The van der Waals surface area contributed by atoms with E-state index in [9.17, 15) is 14.7 Å². The van der Waals surface area contributed by atoms with E-state index in [4.69, 9.17) is 14.5 Å². The van der Waals surface area contributed by atoms with Gasteiger partial charge in [0, 0.05) is 17.6 Å². The van der Waals surface area contributed by atoms with Gasteiger partial charge in [-0.25, -0.2) is 9.78 Å². The Labute approximate surface area is 213 Å². The fraction of sp³-hybridized carbons (Fsp3) is 0.679. The van der Waals surface area contributed by atoms with Crippen molar-refractivity contribution in [3.05, 3.63) is 23.5 Å². The Balaban J connectivity index is 1.60. The van der Waals surface area contributed by atoms with Crippen LogP contribution in [0.1, 0.15) is 102 Å². The molecule has 2 fully saturated rings. The minimum atomic E-state index is -0.711. The molecule has 3 aliphatic rings. The number of imidazole rings is 1. The third kappa shape index (κ3) is 4.60. The monoisotopic (exact) mass is 497 g/mol. The second-order valence-corrected chi connectivity index (χ2v) is 10.9. The predicted molar refractivity (Wildman–Crippen MR) is 137 cm³/mol. The van der Waals surface area contributed by atoms with Crippen LogP contribution in [0.3, 0.4) is 0 Å². The number of aliphatic carboxylic acids is 1. The molecule has 1 amide bonds. The maximum Gasteiger partial charge on any atom is 0.414 e. The Hall–Kier alpha value is -2.61. The van der Waals surface area contributed by atoms with E-state index in [-0.39, 0.29) is 36.3 Å². The molecule has 0 unspecified atom stereocenters. The van der Waals surface area contributed by atoms with Gasteiger partial charge in [-0.05, 0) is 70.9 Å². The molecule has 0 saturated heterocycles. The summed E-state index contributed by atoms with van der Waals surface area (Å²) in [6.07, 6.45) is 10.3. The molecule has 1 aliphatic heterocycles. The van der Waals surface area contributed by atoms with Crippen molar-refractivity contribution < 1.29 is 24.2 Å². The molecule has 5 rings (SSSR count). The largest absolute Gasteiger partial charge is 0.481 e. The number of carboxylic acid groups (broad SMARTS) is 1. The SMILES string of the molecule is COC(=O)N1c2ccc3c(nc([C@@H](C)OC4CCCCC4)n3[C@@H]3CCC[C@@H](C(=O)O)C3)c2CC[C@@H]1C. The molecule has 8 nitrogen and oxygen atoms in total. The first-order valence-electron chi connectivity index (χ1n) is 13.7. The summed E-state index contributed by atoms with van der Waals surface area (Å²) in [4.78, 5) is 31.4. The van der Waals surface area contributed by atoms with E-state index < -0.39 is 5.97 Å². The lowest BCUT2D eigenvalue weighted by molar-refractivity contribution is -0.143. The summed E-state index contributed by atoms with van der Waals surface area (Å²) in [6, 6.07) is 4.17. The first-order valence-corrected chi connectivity index (χ1v) is 13.7. The molecular formula is C28H39N3O5. The lowest BCUT2D eigenvalue weighted by atomic mass is 9.85. The van der Waals surface area contributed by atoms with Crippen molar-refractivity contribution in [2.45, 2.75) is 109 Å². The van der Waals surface area contributed by atoms with E-state index in [1.54, 1.807) is 4.90 Å². The fourth-order valence-electron chi connectivity index (χ4n) is 6.64. The van der Waals surface area contributed by atoms with Crippen molar-refractivity contribution in [1.82, 2.24) is 9.55 Å². The summed E-state index contributed by atoms with van der Waals surface area (Å²) in [5.74, 6) is -0.169. The average Bonchev–Trinajstić information content (AvgIpc) is 3.29. The number of carboxylic acids is 1. The summed E-state index contributed by atoms with van der Waals surface area (Å²) in [5, 5.41) is 9.75. The molecule has 36 heavy (non-hydrogen) atoms. The van der Waals surface area contributed by atoms with Crippen molar-refractivity contribution in [2.75, 3.05) is 12.0 Å². The standard InChI is InChI=1S/C28H39N3O5/c1-17-12-13-22-23(30(17)28(34)35-3)14-15-24-25(22)29-26(18(2)36-21-10-5-4-6-11-21)31(24)20-9-7-8-19(16-20)27(32)33/h14-15,17-21H,4-13,16H2,1-3H3,(H,32,33)/t17-,18+,19+,20+/m0/s1. The molecule has 1 aromatic carbocycles. The second kappa shape index (κ2) is 10.4. The van der Waals surface area contributed by atoms with Crippen LogP contribution in [-0.4, -0.2) is 46.0 Å². The van der Waals surface area contributed by atoms with E-state index in [2.05, 4.69) is 17.6 Å². The van der Waals surface area contributed by atoms with Crippen LogP contribution in [0.25, 0.3) is 11.0 Å². The van der Waals surface area contributed by atoms with Gasteiger partial charge in [0.15, 0.2) is 0 Å². The van der Waals surface area contributed by atoms with Gasteiger partial charge in [0.05, 0.1) is 35.9 Å². The lowest BCUT2D eigenvalue weighted by Gasteiger charge is -2.34. The summed E-state index contributed by atoms with van der Waals surface area (Å²) < 4.78 is 13.9. The van der Waals surface area contributed by atoms with E-state index in [0.29, 0.717) is 6.42 Å². The van der Waals surface area contributed by atoms with E-state index >= 15 is 0 Å². The minimum absolute atomic E-state index is 0.0483. The molecule has 196 valence electrons. The van der Waals surface area contributed by atoms with Crippen LogP contribution in [0.4, 0.5) is 10.5 Å². The number of aryl methyl sites for hydroxylation is 1. The highest BCUT2D eigenvalue weighted by molar-refractivity contribution is 5.95. The fourth-order valence-corrected chi connectivity index (χ4v) is 6.64. The van der Waals surface area contributed by atoms with Gasteiger partial charge in [-0.2, -0.15) is 0 Å². The Morgan fingerprint density at radius 1 is 1.08 bits per heavy atom. The molecule has 2 heterocycles. The van der Waals surface area contributed by atoms with Gasteiger partial charge >= 0.3 is 12.1 Å². The zero-order chi connectivity index (χ0) is 25.4. The summed E-state index contributed by atoms with van der Waals surface area (Å²) in [6.45, 7) is 4.13. The molecule has 1 aromatic heterocycles. The summed E-state index contributed by atoms with van der Waals surface area (Å²) in [5.41, 5.74) is 3.83. The molecule has 0 radical (unpaired) electrons. The minimum Gasteiger partial charge on any atom is -0.481 e. The number of hydrogen-bond acceptors (Lipinski definition) is 5. The lowest BCUT2D eigenvalue weighted by Crippen LogP contribution is -2.42. The number of carbonyl (C=O) groups excluding carboxylic acids is 1. The van der Waals surface area contributed by atoms with Crippen LogP contribution in [0.2, 0.25) is 0 Å². The van der Waals surface area contributed by atoms with Crippen LogP contribution in [-0.2, 0) is 20.7 Å². The van der Waals surface area contributed by atoms with Gasteiger partial charge in [0.2, 0.25) is 0 Å². The van der Waals surface area contributed by atoms with E-state index in [1.807, 2.05) is 13.0 Å². The van der Waals surface area contributed by atoms with Crippen LogP contribution >= 0.6 is 0 Å². The molecule has 1 N–H and O–H groups in total. The number of anilines is 1. The number of benzene rings is 1. The third-order valence-corrected chi connectivity index (χ3v) is 8.53. The average molecular weight is 498 g/mol. The maximum absolute atomic E-state index is 12.6. The highest BCUT2D eigenvalue weighted by Crippen LogP contribution is 2.42.